The molecule has 1 aliphatic heterocycles. The topological polar surface area (TPSA) is 127 Å². The highest BCUT2D eigenvalue weighted by Crippen LogP contribution is 2.44. The SMILES string of the molecule is O=C(Cc1csc(NC(=O)OCC2c3ccccc3-c3ccccc32)n1)NC1CCOC1C(=O)O. The van der Waals surface area contributed by atoms with Crippen molar-refractivity contribution in [1.29, 1.82) is 0 Å². The van der Waals surface area contributed by atoms with E-state index in [1.54, 1.807) is 5.38 Å². The van der Waals surface area contributed by atoms with Gasteiger partial charge in [0.2, 0.25) is 5.91 Å². The maximum atomic E-state index is 12.4. The first kappa shape index (κ1) is 23.0. The number of aliphatic carboxylic acids is 1. The van der Waals surface area contributed by atoms with Crippen molar-refractivity contribution >= 4 is 34.4 Å². The Bertz CT molecular complexity index is 1230. The van der Waals surface area contributed by atoms with Crippen molar-refractivity contribution in [1.82, 2.24) is 10.3 Å². The van der Waals surface area contributed by atoms with Crippen molar-refractivity contribution < 1.29 is 29.0 Å². The van der Waals surface area contributed by atoms with Crippen LogP contribution in [0.4, 0.5) is 9.93 Å². The smallest absolute Gasteiger partial charge is 0.413 e. The third-order valence-electron chi connectivity index (χ3n) is 6.13. The Morgan fingerprint density at radius 3 is 2.46 bits per heavy atom. The average Bonchev–Trinajstić information content (AvgIpc) is 3.56. The van der Waals surface area contributed by atoms with Crippen LogP contribution in [0.5, 0.6) is 0 Å². The lowest BCUT2D eigenvalue weighted by Crippen LogP contribution is -2.44. The van der Waals surface area contributed by atoms with Gasteiger partial charge in [-0.15, -0.1) is 11.3 Å². The van der Waals surface area contributed by atoms with E-state index in [1.807, 2.05) is 24.3 Å². The molecule has 0 spiro atoms. The average molecular weight is 494 g/mol. The van der Waals surface area contributed by atoms with Crippen molar-refractivity contribution in [3.8, 4) is 11.1 Å². The number of ether oxygens (including phenoxy) is 2. The third kappa shape index (κ3) is 4.89. The first-order chi connectivity index (χ1) is 17.0. The number of hydrogen-bond acceptors (Lipinski definition) is 7. The molecule has 35 heavy (non-hydrogen) atoms. The highest BCUT2D eigenvalue weighted by Gasteiger charge is 2.35. The van der Waals surface area contributed by atoms with Gasteiger partial charge in [-0.05, 0) is 28.7 Å². The molecule has 0 saturated carbocycles. The normalized spacial score (nSPS) is 18.5. The summed E-state index contributed by atoms with van der Waals surface area (Å²) in [6.45, 7) is 0.474. The molecule has 2 unspecified atom stereocenters. The molecule has 3 N–H and O–H groups in total. The minimum Gasteiger partial charge on any atom is -0.479 e. The second-order valence-corrected chi connectivity index (χ2v) is 9.22. The number of carbonyl (C=O) groups is 3. The fraction of sp³-hybridized carbons (Fsp3) is 0.280. The second-order valence-electron chi connectivity index (χ2n) is 8.36. The van der Waals surface area contributed by atoms with Crippen molar-refractivity contribution in [2.24, 2.45) is 0 Å². The molecule has 9 nitrogen and oxygen atoms in total. The lowest BCUT2D eigenvalue weighted by molar-refractivity contribution is -0.148. The Hall–Kier alpha value is -3.76. The van der Waals surface area contributed by atoms with Crippen LogP contribution in [0.3, 0.4) is 0 Å². The van der Waals surface area contributed by atoms with Crippen molar-refractivity contribution in [3.63, 3.8) is 0 Å². The number of hydrogen-bond donors (Lipinski definition) is 3. The Morgan fingerprint density at radius 1 is 1.09 bits per heavy atom. The molecule has 3 aromatic rings. The van der Waals surface area contributed by atoms with Gasteiger partial charge in [0.25, 0.3) is 0 Å². The van der Waals surface area contributed by atoms with Gasteiger partial charge in [-0.1, -0.05) is 48.5 Å². The number of rotatable bonds is 7. The van der Waals surface area contributed by atoms with Gasteiger partial charge in [-0.2, -0.15) is 0 Å². The number of nitrogens with one attached hydrogen (secondary N) is 2. The van der Waals surface area contributed by atoms with Crippen molar-refractivity contribution in [2.45, 2.75) is 30.9 Å². The van der Waals surface area contributed by atoms with E-state index in [9.17, 15) is 14.4 Å². The van der Waals surface area contributed by atoms with E-state index in [2.05, 4.69) is 39.9 Å². The van der Waals surface area contributed by atoms with Crippen molar-refractivity contribution in [3.05, 3.63) is 70.7 Å². The van der Waals surface area contributed by atoms with Crippen LogP contribution in [0.25, 0.3) is 11.1 Å². The number of carbonyl (C=O) groups excluding carboxylic acids is 2. The molecule has 0 bridgehead atoms. The van der Waals surface area contributed by atoms with Gasteiger partial charge in [-0.3, -0.25) is 10.1 Å². The van der Waals surface area contributed by atoms with Crippen LogP contribution in [-0.4, -0.2) is 53.4 Å². The molecule has 2 aliphatic rings. The molecule has 2 aromatic carbocycles. The number of amides is 2. The summed E-state index contributed by atoms with van der Waals surface area (Å²) in [6, 6.07) is 15.6. The first-order valence-corrected chi connectivity index (χ1v) is 12.1. The Kier molecular flexibility index (Phi) is 6.47. The third-order valence-corrected chi connectivity index (χ3v) is 6.93. The maximum Gasteiger partial charge on any atom is 0.413 e. The summed E-state index contributed by atoms with van der Waals surface area (Å²) in [4.78, 5) is 40.2. The molecule has 1 fully saturated rings. The molecule has 2 atom stereocenters. The van der Waals surface area contributed by atoms with E-state index >= 15 is 0 Å². The minimum atomic E-state index is -1.10. The van der Waals surface area contributed by atoms with E-state index in [1.165, 1.54) is 11.3 Å². The van der Waals surface area contributed by atoms with Crippen LogP contribution in [-0.2, 0) is 25.5 Å². The number of nitrogens with zero attached hydrogens (tertiary/aromatic N) is 1. The van der Waals surface area contributed by atoms with E-state index in [4.69, 9.17) is 14.6 Å². The van der Waals surface area contributed by atoms with Crippen LogP contribution in [0, 0.1) is 0 Å². The molecule has 2 heterocycles. The highest BCUT2D eigenvalue weighted by molar-refractivity contribution is 7.13. The molecule has 180 valence electrons. The van der Waals surface area contributed by atoms with Crippen LogP contribution in [0.2, 0.25) is 0 Å². The Balaban J connectivity index is 1.15. The molecule has 2 amide bonds. The summed E-state index contributed by atoms with van der Waals surface area (Å²) in [7, 11) is 0. The zero-order valence-corrected chi connectivity index (χ0v) is 19.4. The van der Waals surface area contributed by atoms with Gasteiger partial charge in [0.05, 0.1) is 18.2 Å². The van der Waals surface area contributed by atoms with E-state index in [0.29, 0.717) is 17.2 Å². The number of fused-ring (bicyclic) bond motifs is 3. The van der Waals surface area contributed by atoms with E-state index in [0.717, 1.165) is 22.3 Å². The predicted octanol–water partition coefficient (Wildman–Crippen LogP) is 3.40. The first-order valence-electron chi connectivity index (χ1n) is 11.2. The van der Waals surface area contributed by atoms with Crippen LogP contribution < -0.4 is 10.6 Å². The van der Waals surface area contributed by atoms with Crippen LogP contribution >= 0.6 is 11.3 Å². The van der Waals surface area contributed by atoms with Crippen LogP contribution in [0.1, 0.15) is 29.2 Å². The van der Waals surface area contributed by atoms with Gasteiger partial charge < -0.3 is 19.9 Å². The van der Waals surface area contributed by atoms with Gasteiger partial charge in [0, 0.05) is 17.9 Å². The molecular weight excluding hydrogens is 470 g/mol. The predicted molar refractivity (Wildman–Crippen MR) is 128 cm³/mol. The lowest BCUT2D eigenvalue weighted by atomic mass is 9.98. The zero-order chi connectivity index (χ0) is 24.4. The summed E-state index contributed by atoms with van der Waals surface area (Å²) in [5.41, 5.74) is 5.02. The minimum absolute atomic E-state index is 0.0360. The summed E-state index contributed by atoms with van der Waals surface area (Å²) in [5, 5.41) is 16.4. The monoisotopic (exact) mass is 493 g/mol. The standard InChI is InChI=1S/C25H23N3O6S/c29-21(27-20-9-10-33-22(20)23(30)31)11-14-13-35-24(26-14)28-25(32)34-12-19-17-7-3-1-5-15(17)16-6-2-4-8-18(16)19/h1-8,13,19-20,22H,9-12H2,(H,27,29)(H,30,31)(H,26,28,32). The number of thiazole rings is 1. The largest absolute Gasteiger partial charge is 0.479 e. The summed E-state index contributed by atoms with van der Waals surface area (Å²) in [6.07, 6.45) is -1.26. The molecule has 1 aromatic heterocycles. The molecule has 0 radical (unpaired) electrons. The lowest BCUT2D eigenvalue weighted by Gasteiger charge is -2.15. The van der Waals surface area contributed by atoms with Gasteiger partial charge in [-0.25, -0.2) is 14.6 Å². The summed E-state index contributed by atoms with van der Waals surface area (Å²) < 4.78 is 10.7. The van der Waals surface area contributed by atoms with Gasteiger partial charge >= 0.3 is 12.1 Å². The highest BCUT2D eigenvalue weighted by atomic mass is 32.1. The zero-order valence-electron chi connectivity index (χ0n) is 18.6. The fourth-order valence-electron chi connectivity index (χ4n) is 4.57. The number of aromatic nitrogens is 1. The fourth-order valence-corrected chi connectivity index (χ4v) is 5.27. The number of carboxylic acids is 1. The number of carboxylic acid groups (broad SMARTS) is 1. The van der Waals surface area contributed by atoms with E-state index in [-0.39, 0.29) is 31.5 Å². The molecule has 1 aliphatic carbocycles. The number of anilines is 1. The quantitative estimate of drug-likeness (QED) is 0.460. The number of benzene rings is 2. The molecule has 10 heteroatoms. The van der Waals surface area contributed by atoms with Gasteiger partial charge in [0.1, 0.15) is 6.61 Å². The summed E-state index contributed by atoms with van der Waals surface area (Å²) in [5.74, 6) is -1.50. The Morgan fingerprint density at radius 2 is 1.77 bits per heavy atom. The van der Waals surface area contributed by atoms with Crippen molar-refractivity contribution in [2.75, 3.05) is 18.5 Å². The van der Waals surface area contributed by atoms with Crippen LogP contribution in [0.15, 0.2) is 53.9 Å². The Labute approximate surface area is 205 Å². The maximum absolute atomic E-state index is 12.4. The molecule has 5 rings (SSSR count). The molecule has 1 saturated heterocycles. The van der Waals surface area contributed by atoms with Gasteiger partial charge in [0.15, 0.2) is 11.2 Å². The second kappa shape index (κ2) is 9.85. The molecular formula is C25H23N3O6S. The van der Waals surface area contributed by atoms with E-state index < -0.39 is 24.2 Å². The summed E-state index contributed by atoms with van der Waals surface area (Å²) >= 11 is 1.18.